The van der Waals surface area contributed by atoms with Gasteiger partial charge in [0.25, 0.3) is 0 Å². The Morgan fingerprint density at radius 1 is 0.321 bits per heavy atom. The van der Waals surface area contributed by atoms with Crippen molar-refractivity contribution in [2.24, 2.45) is 94.7 Å². The minimum Gasteiger partial charge on any atom is -0.394 e. The van der Waals surface area contributed by atoms with Gasteiger partial charge in [0.15, 0.2) is 6.29 Å². The van der Waals surface area contributed by atoms with Crippen LogP contribution in [0.1, 0.15) is 393 Å². The van der Waals surface area contributed by atoms with Gasteiger partial charge in [-0.3, -0.25) is 9.05 Å². The molecule has 2 rings (SSSR count). The molecule has 2 fully saturated rings. The molecule has 0 aliphatic carbocycles. The lowest BCUT2D eigenvalue weighted by Gasteiger charge is -2.40. The van der Waals surface area contributed by atoms with Crippen LogP contribution in [-0.2, 0) is 42.0 Å². The van der Waals surface area contributed by atoms with Crippen molar-refractivity contribution in [3.8, 4) is 0 Å². The van der Waals surface area contributed by atoms with E-state index in [0.717, 1.165) is 103 Å². The second kappa shape index (κ2) is 67.2. The Labute approximate surface area is 691 Å². The molecule has 0 aromatic rings. The van der Waals surface area contributed by atoms with E-state index in [9.17, 15) is 40.1 Å². The number of rotatable bonds is 11. The molecule has 0 amide bonds. The van der Waals surface area contributed by atoms with Crippen LogP contribution < -0.4 is 0 Å². The number of ether oxygens (including phenoxy) is 6. The molecule has 0 radical (unpaired) electrons. The Bertz CT molecular complexity index is 2150. The predicted molar refractivity (Wildman–Crippen MR) is 465 cm³/mol. The molecule has 0 aromatic carbocycles. The van der Waals surface area contributed by atoms with E-state index in [4.69, 9.17) is 37.5 Å². The van der Waals surface area contributed by atoms with Crippen molar-refractivity contribution in [1.29, 1.82) is 0 Å². The first-order chi connectivity index (χ1) is 53.5. The second-order valence-corrected chi connectivity index (χ2v) is 40.7. The number of phosphoric acid groups is 1. The summed E-state index contributed by atoms with van der Waals surface area (Å²) in [5.74, 6) is 11.5. The first kappa shape index (κ1) is 108. The number of phosphoric ester groups is 1. The molecular weight excluding hydrogens is 1430 g/mol. The van der Waals surface area contributed by atoms with Crippen molar-refractivity contribution < 1.29 is 77.6 Å². The first-order valence-corrected chi connectivity index (χ1v) is 49.2. The SMILES string of the molecule is CC1CCCC(C)CCCC(C)CCC(C)CCCC(C)CCCC(C)CCCC(C)CCOC(COP(=O)(O)OCC(O)CO)COCCC(C)CCCC(C)CCCC(C)CCCC(C)CCC(C)CCCC(C)CCCC(C)CCCC(C)CCOC(CO[C@H]2O[C@@H](CO)[C@@H](O)[C@H](O)[C@@H]2O)COCCC(C)CCC1. The van der Waals surface area contributed by atoms with Gasteiger partial charge in [-0.1, -0.05) is 368 Å². The fraction of sp³-hybridized carbons (Fsp3) is 1.00. The van der Waals surface area contributed by atoms with E-state index in [1.807, 2.05) is 0 Å². The third-order valence-corrected chi connectivity index (χ3v) is 27.4. The minimum atomic E-state index is -4.47. The van der Waals surface area contributed by atoms with Crippen LogP contribution in [0.4, 0.5) is 0 Å². The lowest BCUT2D eigenvalue weighted by molar-refractivity contribution is -0.306. The Morgan fingerprint density at radius 3 is 0.821 bits per heavy atom. The summed E-state index contributed by atoms with van der Waals surface area (Å²) in [4.78, 5) is 10.3. The lowest BCUT2D eigenvalue weighted by atomic mass is 9.88. The van der Waals surface area contributed by atoms with Gasteiger partial charge < -0.3 is 64.0 Å². The maximum atomic E-state index is 12.7. The van der Waals surface area contributed by atoms with Crippen LogP contribution in [0.5, 0.6) is 0 Å². The average Bonchev–Trinajstić information content (AvgIpc) is 0.818. The van der Waals surface area contributed by atoms with Gasteiger partial charge >= 0.3 is 7.82 Å². The molecule has 0 bridgehead atoms. The number of aliphatic hydroxyl groups is 6. The van der Waals surface area contributed by atoms with Crippen molar-refractivity contribution in [3.63, 3.8) is 0 Å². The molecule has 0 spiro atoms. The predicted octanol–water partition coefficient (Wildman–Crippen LogP) is 23.4. The summed E-state index contributed by atoms with van der Waals surface area (Å²) in [6.45, 7) is 40.1. The third kappa shape index (κ3) is 58.6. The van der Waals surface area contributed by atoms with E-state index in [2.05, 4.69) is 111 Å². The standard InChI is InChI=1S/C95H189O16P/c1-72-29-17-33-76(5)41-25-49-84(13)57-61-104-68-89(70-108-95-94(101)93(100)92(99)91(66-97)111-95)106-63-59-86(15)51-27-43-78(7)35-19-31-74(3)39-23-47-82(11)55-53-81(10)46-22-38-73(2)30-18-34-77(6)42-26-50-85(14)58-62-105-69-90(71-110-112(102,103)109-67-88(98)65-96)107-64-60-87(16)52-28-44-79(8)36-20-32-75(4)40-24-48-83(12)56-54-80(9)45-21-37-72/h72-101H,17-71H2,1-16H3,(H,102,103)/t72?,73?,74?,75?,76?,77?,78?,79?,80?,81?,82?,83?,84?,85?,86?,87?,88?,89?,90?,91-,92+,93-,94-,95-/m0/s1. The van der Waals surface area contributed by atoms with Gasteiger partial charge in [-0.05, 0) is 120 Å². The maximum absolute atomic E-state index is 12.7. The number of hydrogen-bond acceptors (Lipinski definition) is 15. The topological polar surface area (TPSA) is 233 Å². The summed E-state index contributed by atoms with van der Waals surface area (Å²) in [6, 6.07) is 0. The zero-order valence-electron chi connectivity index (χ0n) is 76.0. The molecule has 112 heavy (non-hydrogen) atoms. The van der Waals surface area contributed by atoms with Gasteiger partial charge in [0.2, 0.25) is 0 Å². The highest BCUT2D eigenvalue weighted by Crippen LogP contribution is 2.44. The van der Waals surface area contributed by atoms with Gasteiger partial charge in [0, 0.05) is 26.4 Å². The van der Waals surface area contributed by atoms with E-state index < -0.39 is 76.7 Å². The maximum Gasteiger partial charge on any atom is 0.472 e. The van der Waals surface area contributed by atoms with E-state index in [-0.39, 0.29) is 19.8 Å². The molecule has 2 heterocycles. The smallest absolute Gasteiger partial charge is 0.394 e. The highest BCUT2D eigenvalue weighted by molar-refractivity contribution is 7.47. The van der Waals surface area contributed by atoms with Crippen molar-refractivity contribution in [2.45, 2.75) is 442 Å². The summed E-state index contributed by atoms with van der Waals surface area (Å²) < 4.78 is 59.7. The number of hydrogen-bond donors (Lipinski definition) is 7. The second-order valence-electron chi connectivity index (χ2n) is 39.2. The van der Waals surface area contributed by atoms with Gasteiger partial charge in [-0.25, -0.2) is 4.57 Å². The van der Waals surface area contributed by atoms with Crippen molar-refractivity contribution >= 4 is 7.82 Å². The minimum absolute atomic E-state index is 0.0907. The molecule has 17 heteroatoms. The summed E-state index contributed by atoms with van der Waals surface area (Å²) in [6.07, 6.45) is 47.1. The van der Waals surface area contributed by atoms with E-state index in [1.54, 1.807) is 0 Å². The molecule has 25 atom stereocenters. The Kier molecular flexibility index (Phi) is 64.7. The quantitative estimate of drug-likeness (QED) is 0.0953. The van der Waals surface area contributed by atoms with Crippen LogP contribution in [-0.4, -0.2) is 157 Å². The molecule has 2 saturated heterocycles. The highest BCUT2D eigenvalue weighted by Gasteiger charge is 2.44. The molecule has 16 nitrogen and oxygen atoms in total. The van der Waals surface area contributed by atoms with Gasteiger partial charge in [-0.2, -0.15) is 0 Å². The molecule has 670 valence electrons. The van der Waals surface area contributed by atoms with E-state index in [1.165, 1.54) is 250 Å². The number of aliphatic hydroxyl groups excluding tert-OH is 6. The Balaban J connectivity index is 1.91. The van der Waals surface area contributed by atoms with Gasteiger partial charge in [0.05, 0.1) is 46.2 Å². The molecule has 0 aromatic heterocycles. The van der Waals surface area contributed by atoms with Crippen molar-refractivity contribution in [3.05, 3.63) is 0 Å². The van der Waals surface area contributed by atoms with Crippen LogP contribution in [0.25, 0.3) is 0 Å². The summed E-state index contributed by atoms with van der Waals surface area (Å²) in [5, 5.41) is 60.1. The Morgan fingerprint density at radius 2 is 0.562 bits per heavy atom. The van der Waals surface area contributed by atoms with Crippen molar-refractivity contribution in [1.82, 2.24) is 0 Å². The van der Waals surface area contributed by atoms with Crippen LogP contribution in [0.3, 0.4) is 0 Å². The first-order valence-electron chi connectivity index (χ1n) is 47.7. The normalized spacial score (nSPS) is 36.8. The fourth-order valence-electron chi connectivity index (χ4n) is 17.2. The zero-order valence-corrected chi connectivity index (χ0v) is 76.9. The average molecular weight is 1620 g/mol. The van der Waals surface area contributed by atoms with Gasteiger partial charge in [-0.15, -0.1) is 0 Å². The monoisotopic (exact) mass is 1620 g/mol. The van der Waals surface area contributed by atoms with Crippen LogP contribution in [0.15, 0.2) is 0 Å². The summed E-state index contributed by atoms with van der Waals surface area (Å²) in [5.41, 5.74) is 0. The van der Waals surface area contributed by atoms with E-state index >= 15 is 0 Å². The van der Waals surface area contributed by atoms with E-state index in [0.29, 0.717) is 56.7 Å². The molecule has 0 saturated carbocycles. The Hall–Kier alpha value is -0.370. The van der Waals surface area contributed by atoms with Crippen LogP contribution >= 0.6 is 7.82 Å². The third-order valence-electron chi connectivity index (χ3n) is 26.4. The lowest BCUT2D eigenvalue weighted by Crippen LogP contribution is -2.59. The largest absolute Gasteiger partial charge is 0.472 e. The highest BCUT2D eigenvalue weighted by atomic mass is 31.2. The van der Waals surface area contributed by atoms with Gasteiger partial charge in [0.1, 0.15) is 42.7 Å². The summed E-state index contributed by atoms with van der Waals surface area (Å²) in [7, 11) is -4.47. The molecule has 2 aliphatic heterocycles. The molecule has 20 unspecified atom stereocenters. The molecule has 2 aliphatic rings. The molecular formula is C95H189O16P. The van der Waals surface area contributed by atoms with Crippen LogP contribution in [0.2, 0.25) is 0 Å². The summed E-state index contributed by atoms with van der Waals surface area (Å²) >= 11 is 0. The zero-order chi connectivity index (χ0) is 82.9. The molecule has 7 N–H and O–H groups in total. The fourth-order valence-corrected chi connectivity index (χ4v) is 18.0. The van der Waals surface area contributed by atoms with Crippen LogP contribution in [0, 0.1) is 94.7 Å². The van der Waals surface area contributed by atoms with Crippen molar-refractivity contribution in [2.75, 3.05) is 72.7 Å².